The molecule has 0 radical (unpaired) electrons. The van der Waals surface area contributed by atoms with Crippen molar-refractivity contribution in [3.05, 3.63) is 77.2 Å². The highest BCUT2D eigenvalue weighted by atomic mass is 35.5. The number of H-pyrrole nitrogens is 1. The molecule has 132 valence electrons. The highest BCUT2D eigenvalue weighted by Crippen LogP contribution is 2.24. The summed E-state index contributed by atoms with van der Waals surface area (Å²) >= 11 is 6.16. The van der Waals surface area contributed by atoms with E-state index in [0.717, 1.165) is 11.3 Å². The van der Waals surface area contributed by atoms with Crippen molar-refractivity contribution >= 4 is 39.9 Å². The lowest BCUT2D eigenvalue weighted by Crippen LogP contribution is -2.14. The zero-order valence-electron chi connectivity index (χ0n) is 14.1. The minimum atomic E-state index is -0.363. The van der Waals surface area contributed by atoms with Crippen molar-refractivity contribution in [1.82, 2.24) is 15.5 Å². The summed E-state index contributed by atoms with van der Waals surface area (Å²) in [5, 5.41) is 11.1. The summed E-state index contributed by atoms with van der Waals surface area (Å²) in [5.41, 5.74) is 8.82. The molecule has 0 atom stereocenters. The van der Waals surface area contributed by atoms with Crippen molar-refractivity contribution in [1.29, 1.82) is 0 Å². The van der Waals surface area contributed by atoms with Gasteiger partial charge in [-0.1, -0.05) is 36.4 Å². The maximum Gasteiger partial charge on any atom is 0.183 e. The third-order valence-electron chi connectivity index (χ3n) is 3.65. The Kier molecular flexibility index (Phi) is 5.04. The van der Waals surface area contributed by atoms with Gasteiger partial charge >= 0.3 is 0 Å². The zero-order chi connectivity index (χ0) is 18.7. The lowest BCUT2D eigenvalue weighted by atomic mass is 10.1. The van der Waals surface area contributed by atoms with Gasteiger partial charge in [-0.25, -0.2) is 9.38 Å². The number of nitrogens with one attached hydrogen (secondary N) is 2. The Bertz CT molecular complexity index is 1040. The van der Waals surface area contributed by atoms with E-state index in [1.165, 1.54) is 12.1 Å². The fourth-order valence-corrected chi connectivity index (χ4v) is 2.73. The number of benzene rings is 2. The van der Waals surface area contributed by atoms with E-state index in [2.05, 4.69) is 27.1 Å². The van der Waals surface area contributed by atoms with Crippen molar-refractivity contribution in [3.8, 4) is 0 Å². The Labute approximate surface area is 155 Å². The predicted octanol–water partition coefficient (Wildman–Crippen LogP) is 4.51. The van der Waals surface area contributed by atoms with E-state index in [9.17, 15) is 4.39 Å². The second-order valence-corrected chi connectivity index (χ2v) is 6.09. The van der Waals surface area contributed by atoms with Crippen LogP contribution in [0.3, 0.4) is 0 Å². The largest absolute Gasteiger partial charge is 0.384 e. The van der Waals surface area contributed by atoms with Gasteiger partial charge in [-0.2, -0.15) is 5.10 Å². The summed E-state index contributed by atoms with van der Waals surface area (Å²) in [6, 6.07) is 11.7. The third kappa shape index (κ3) is 3.92. The Balaban J connectivity index is 1.79. The van der Waals surface area contributed by atoms with Crippen LogP contribution >= 0.6 is 11.6 Å². The summed E-state index contributed by atoms with van der Waals surface area (Å²) in [5.74, 6) is 0.184. The topological polar surface area (TPSA) is 79.1 Å². The molecule has 0 aliphatic heterocycles. The Morgan fingerprint density at radius 1 is 1.35 bits per heavy atom. The van der Waals surface area contributed by atoms with E-state index in [0.29, 0.717) is 27.4 Å². The highest BCUT2D eigenvalue weighted by Gasteiger charge is 2.07. The minimum absolute atomic E-state index is 0.222. The first-order valence-electron chi connectivity index (χ1n) is 7.81. The van der Waals surface area contributed by atoms with Gasteiger partial charge in [0.05, 0.1) is 5.52 Å². The van der Waals surface area contributed by atoms with Crippen molar-refractivity contribution in [2.75, 3.05) is 0 Å². The molecule has 0 aliphatic rings. The lowest BCUT2D eigenvalue weighted by molar-refractivity contribution is 0.630. The summed E-state index contributed by atoms with van der Waals surface area (Å²) in [6.07, 6.45) is 1.64. The molecule has 0 unspecified atom stereocenters. The van der Waals surface area contributed by atoms with Gasteiger partial charge in [0.15, 0.2) is 5.82 Å². The van der Waals surface area contributed by atoms with Crippen molar-refractivity contribution in [2.24, 2.45) is 10.7 Å². The van der Waals surface area contributed by atoms with Gasteiger partial charge < -0.3 is 11.1 Å². The number of allylic oxidation sites excluding steroid dienone is 1. The number of halogens is 2. The summed E-state index contributed by atoms with van der Waals surface area (Å²) in [7, 11) is 0. The fourth-order valence-electron chi connectivity index (χ4n) is 2.48. The molecule has 1 aromatic heterocycles. The average Bonchev–Trinajstić information content (AvgIpc) is 2.97. The van der Waals surface area contributed by atoms with Crippen LogP contribution in [0, 0.1) is 5.82 Å². The first kappa shape index (κ1) is 17.7. The molecule has 0 fully saturated rings. The van der Waals surface area contributed by atoms with Crippen LogP contribution in [0.15, 0.2) is 65.8 Å². The quantitative estimate of drug-likeness (QED) is 0.457. The van der Waals surface area contributed by atoms with Crippen molar-refractivity contribution < 1.29 is 4.39 Å². The average molecular weight is 370 g/mol. The molecule has 2 aromatic carbocycles. The second-order valence-electron chi connectivity index (χ2n) is 5.68. The summed E-state index contributed by atoms with van der Waals surface area (Å²) in [4.78, 5) is 4.24. The third-order valence-corrected chi connectivity index (χ3v) is 3.98. The molecule has 0 spiro atoms. The molecule has 5 nitrogen and oxygen atoms in total. The highest BCUT2D eigenvalue weighted by molar-refractivity contribution is 6.32. The Morgan fingerprint density at radius 3 is 2.88 bits per heavy atom. The van der Waals surface area contributed by atoms with Gasteiger partial charge in [0, 0.05) is 27.4 Å². The van der Waals surface area contributed by atoms with Crippen molar-refractivity contribution in [2.45, 2.75) is 6.92 Å². The number of rotatable bonds is 5. The fraction of sp³-hybridized carbons (Fsp3) is 0.0526. The summed E-state index contributed by atoms with van der Waals surface area (Å²) in [6.45, 7) is 5.81. The lowest BCUT2D eigenvalue weighted by Gasteiger charge is -2.11. The maximum atomic E-state index is 13.4. The number of amidine groups is 1. The number of nitrogens with two attached hydrogens (primary N) is 1. The van der Waals surface area contributed by atoms with Gasteiger partial charge in [-0.05, 0) is 37.3 Å². The molecular weight excluding hydrogens is 353 g/mol. The zero-order valence-corrected chi connectivity index (χ0v) is 14.8. The number of aliphatic imine (C=N–C) groups is 1. The molecule has 0 aliphatic carbocycles. The number of aromatic amines is 1. The number of hydrogen-bond acceptors (Lipinski definition) is 3. The standard InChI is InChI=1S/C19H17ClFN5/c1-11(23-12(2)14-5-3-4-6-16(14)20)9-18(22)24-19-15-10-13(21)7-8-17(15)25-26-19/h3-10,23H,2H2,1H3,(H3,22,24,25,26). The first-order valence-corrected chi connectivity index (χ1v) is 8.19. The molecule has 0 saturated carbocycles. The van der Waals surface area contributed by atoms with Crippen LogP contribution in [0.5, 0.6) is 0 Å². The predicted molar refractivity (Wildman–Crippen MR) is 105 cm³/mol. The molecule has 0 saturated heterocycles. The van der Waals surface area contributed by atoms with E-state index < -0.39 is 0 Å². The minimum Gasteiger partial charge on any atom is -0.384 e. The Hall–Kier alpha value is -3.12. The maximum absolute atomic E-state index is 13.4. The number of nitrogens with zero attached hydrogens (tertiary/aromatic N) is 2. The molecule has 1 heterocycles. The Morgan fingerprint density at radius 2 is 2.12 bits per heavy atom. The van der Waals surface area contributed by atoms with E-state index >= 15 is 0 Å². The number of aromatic nitrogens is 2. The van der Waals surface area contributed by atoms with E-state index in [1.54, 1.807) is 18.2 Å². The normalized spacial score (nSPS) is 12.4. The smallest absolute Gasteiger partial charge is 0.183 e. The molecular formula is C19H17ClFN5. The molecule has 3 aromatic rings. The van der Waals surface area contributed by atoms with Gasteiger partial charge in [0.25, 0.3) is 0 Å². The summed E-state index contributed by atoms with van der Waals surface area (Å²) < 4.78 is 13.4. The van der Waals surface area contributed by atoms with E-state index in [-0.39, 0.29) is 11.7 Å². The molecule has 0 bridgehead atoms. The van der Waals surface area contributed by atoms with Crippen molar-refractivity contribution in [3.63, 3.8) is 0 Å². The van der Waals surface area contributed by atoms with Gasteiger partial charge in [0.2, 0.25) is 0 Å². The van der Waals surface area contributed by atoms with E-state index in [1.807, 2.05) is 25.1 Å². The molecule has 3 rings (SSSR count). The first-order chi connectivity index (χ1) is 12.4. The molecule has 0 amide bonds. The molecule has 4 N–H and O–H groups in total. The second kappa shape index (κ2) is 7.41. The van der Waals surface area contributed by atoms with Gasteiger partial charge in [-0.15, -0.1) is 0 Å². The van der Waals surface area contributed by atoms with Crippen LogP contribution in [-0.2, 0) is 0 Å². The monoisotopic (exact) mass is 369 g/mol. The van der Waals surface area contributed by atoms with Crippen LogP contribution in [0.2, 0.25) is 5.02 Å². The van der Waals surface area contributed by atoms with Crippen LogP contribution in [0.25, 0.3) is 16.6 Å². The number of hydrogen-bond donors (Lipinski definition) is 3. The van der Waals surface area contributed by atoms with Crippen LogP contribution in [0.4, 0.5) is 10.2 Å². The van der Waals surface area contributed by atoms with Crippen LogP contribution < -0.4 is 11.1 Å². The van der Waals surface area contributed by atoms with Crippen LogP contribution in [0.1, 0.15) is 12.5 Å². The van der Waals surface area contributed by atoms with E-state index in [4.69, 9.17) is 17.3 Å². The molecule has 7 heteroatoms. The molecule has 26 heavy (non-hydrogen) atoms. The van der Waals surface area contributed by atoms with Gasteiger partial charge in [0.1, 0.15) is 11.7 Å². The van der Waals surface area contributed by atoms with Gasteiger partial charge in [-0.3, -0.25) is 5.10 Å². The van der Waals surface area contributed by atoms with Crippen LogP contribution in [-0.4, -0.2) is 16.0 Å². The SMILES string of the molecule is C=C(NC(C)=CC(N)=Nc1n[nH]c2ccc(F)cc12)c1ccccc1Cl. The number of fused-ring (bicyclic) bond motifs is 1.